The Balaban J connectivity index is 0.00000106. The molecule has 1 aliphatic heterocycles. The van der Waals surface area contributed by atoms with Gasteiger partial charge in [0.05, 0.1) is 0 Å². The van der Waals surface area contributed by atoms with Crippen LogP contribution in [0.5, 0.6) is 0 Å². The van der Waals surface area contributed by atoms with Crippen molar-refractivity contribution in [2.45, 2.75) is 33.2 Å². The molecule has 0 aromatic heterocycles. The zero-order valence-corrected chi connectivity index (χ0v) is 14.3. The van der Waals surface area contributed by atoms with Crippen LogP contribution in [0.4, 0.5) is 0 Å². The number of halogens is 1. The van der Waals surface area contributed by atoms with Gasteiger partial charge in [-0.1, -0.05) is 48.8 Å². The summed E-state index contributed by atoms with van der Waals surface area (Å²) in [4.78, 5) is 23.6. The van der Waals surface area contributed by atoms with Gasteiger partial charge in [-0.3, -0.25) is 9.59 Å². The molecule has 0 radical (unpaired) electrons. The van der Waals surface area contributed by atoms with Crippen molar-refractivity contribution in [3.8, 4) is 0 Å². The maximum atomic E-state index is 11.8. The topological polar surface area (TPSA) is 55.4 Å². The first kappa shape index (κ1) is 17.9. The number of Topliss-reactive ketones (excluding diaryl/α,β-unsaturated/α-hetero) is 1. The molecule has 1 aromatic rings. The maximum absolute atomic E-state index is 11.8. The molecule has 2 rings (SSSR count). The third-order valence-electron chi connectivity index (χ3n) is 3.15. The first-order chi connectivity index (χ1) is 10.1. The number of ketones is 1. The zero-order valence-electron chi connectivity index (χ0n) is 12.7. The molecule has 0 spiro atoms. The number of rotatable bonds is 4. The van der Waals surface area contributed by atoms with Gasteiger partial charge >= 0.3 is 5.97 Å². The molecule has 1 aliphatic rings. The maximum Gasteiger partial charge on any atom is 0.323 e. The fourth-order valence-electron chi connectivity index (χ4n) is 2.05. The van der Waals surface area contributed by atoms with Gasteiger partial charge in [0.2, 0.25) is 0 Å². The van der Waals surface area contributed by atoms with Crippen LogP contribution in [0.1, 0.15) is 37.6 Å². The average molecular weight is 356 g/mol. The van der Waals surface area contributed by atoms with Gasteiger partial charge in [-0.2, -0.15) is 0 Å². The van der Waals surface area contributed by atoms with Gasteiger partial charge in [-0.25, -0.2) is 0 Å². The van der Waals surface area contributed by atoms with Crippen LogP contribution in [-0.4, -0.2) is 30.9 Å². The highest BCUT2D eigenvalue weighted by Crippen LogP contribution is 2.14. The molecular formula is C16H22BrNO3. The van der Waals surface area contributed by atoms with Crippen molar-refractivity contribution in [1.29, 1.82) is 0 Å². The lowest BCUT2D eigenvalue weighted by Crippen LogP contribution is -2.33. The quantitative estimate of drug-likeness (QED) is 0.665. The summed E-state index contributed by atoms with van der Waals surface area (Å²) in [5, 5.41) is 3.09. The summed E-state index contributed by atoms with van der Waals surface area (Å²) in [7, 11) is 0. The summed E-state index contributed by atoms with van der Waals surface area (Å²) in [6, 6.07) is 6.71. The van der Waals surface area contributed by atoms with E-state index in [1.54, 1.807) is 24.3 Å². The van der Waals surface area contributed by atoms with Crippen LogP contribution in [0, 0.1) is 5.92 Å². The van der Waals surface area contributed by atoms with Gasteiger partial charge in [0.15, 0.2) is 12.4 Å². The van der Waals surface area contributed by atoms with Crippen LogP contribution >= 0.6 is 15.9 Å². The molecule has 1 N–H and O–H groups in total. The second-order valence-electron chi connectivity index (χ2n) is 4.84. The molecule has 1 heterocycles. The molecule has 0 saturated carbocycles. The van der Waals surface area contributed by atoms with Crippen LogP contribution in [0.15, 0.2) is 28.7 Å². The summed E-state index contributed by atoms with van der Waals surface area (Å²) in [5.74, 6) is -0.0542. The minimum Gasteiger partial charge on any atom is -0.456 e. The Labute approximate surface area is 134 Å². The van der Waals surface area contributed by atoms with Gasteiger partial charge < -0.3 is 10.1 Å². The fraction of sp³-hybridized carbons (Fsp3) is 0.500. The van der Waals surface area contributed by atoms with Crippen molar-refractivity contribution < 1.29 is 14.3 Å². The SMILES string of the molecule is CC.CC1CN[C@H](C(=O)OCC(=O)c2ccc(Br)cc2)C1. The number of carbonyl (C=O) groups excluding carboxylic acids is 2. The summed E-state index contributed by atoms with van der Waals surface area (Å²) >= 11 is 3.30. The van der Waals surface area contributed by atoms with Crippen molar-refractivity contribution in [3.63, 3.8) is 0 Å². The lowest BCUT2D eigenvalue weighted by Gasteiger charge is -2.09. The fourth-order valence-corrected chi connectivity index (χ4v) is 2.31. The van der Waals surface area contributed by atoms with E-state index in [2.05, 4.69) is 28.2 Å². The third kappa shape index (κ3) is 5.59. The number of hydrogen-bond acceptors (Lipinski definition) is 4. The minimum atomic E-state index is -0.338. The third-order valence-corrected chi connectivity index (χ3v) is 3.68. The second kappa shape index (κ2) is 8.95. The molecule has 116 valence electrons. The van der Waals surface area contributed by atoms with Gasteiger partial charge in [0.1, 0.15) is 6.04 Å². The second-order valence-corrected chi connectivity index (χ2v) is 5.76. The zero-order chi connectivity index (χ0) is 15.8. The molecule has 1 unspecified atom stereocenters. The number of carbonyl (C=O) groups is 2. The molecule has 2 atom stereocenters. The molecule has 1 fully saturated rings. The molecule has 1 aromatic carbocycles. The monoisotopic (exact) mass is 355 g/mol. The van der Waals surface area contributed by atoms with Crippen LogP contribution in [0.2, 0.25) is 0 Å². The standard InChI is InChI=1S/C14H16BrNO3.C2H6/c1-9-6-12(16-7-9)14(18)19-8-13(17)10-2-4-11(15)5-3-10;1-2/h2-5,9,12,16H,6-8H2,1H3;1-2H3/t9?,12-;/m0./s1. The number of esters is 1. The van der Waals surface area contributed by atoms with E-state index in [0.717, 1.165) is 17.4 Å². The number of hydrogen-bond donors (Lipinski definition) is 1. The Morgan fingerprint density at radius 3 is 2.43 bits per heavy atom. The first-order valence-corrected chi connectivity index (χ1v) is 8.04. The Bertz CT molecular complexity index is 473. The first-order valence-electron chi connectivity index (χ1n) is 7.25. The summed E-state index contributed by atoms with van der Waals surface area (Å²) in [6.07, 6.45) is 0.769. The Morgan fingerprint density at radius 2 is 1.90 bits per heavy atom. The van der Waals surface area contributed by atoms with Gasteiger partial charge in [-0.15, -0.1) is 0 Å². The molecule has 21 heavy (non-hydrogen) atoms. The van der Waals surface area contributed by atoms with E-state index in [0.29, 0.717) is 11.5 Å². The van der Waals surface area contributed by atoms with Crippen LogP contribution < -0.4 is 5.32 Å². The predicted molar refractivity (Wildman–Crippen MR) is 86.4 cm³/mol. The normalized spacial score (nSPS) is 20.4. The van der Waals surface area contributed by atoms with Gasteiger partial charge in [0, 0.05) is 10.0 Å². The van der Waals surface area contributed by atoms with Crippen molar-refractivity contribution in [2.75, 3.05) is 13.2 Å². The Kier molecular flexibility index (Phi) is 7.61. The smallest absolute Gasteiger partial charge is 0.323 e. The number of nitrogens with one attached hydrogen (secondary N) is 1. The highest BCUT2D eigenvalue weighted by molar-refractivity contribution is 9.10. The van der Waals surface area contributed by atoms with Crippen LogP contribution in [0.3, 0.4) is 0 Å². The largest absolute Gasteiger partial charge is 0.456 e. The van der Waals surface area contributed by atoms with E-state index in [4.69, 9.17) is 4.74 Å². The van der Waals surface area contributed by atoms with Crippen molar-refractivity contribution in [2.24, 2.45) is 5.92 Å². The summed E-state index contributed by atoms with van der Waals surface area (Å²) in [5.41, 5.74) is 0.545. The molecule has 0 bridgehead atoms. The van der Waals surface area contributed by atoms with E-state index < -0.39 is 0 Å². The minimum absolute atomic E-state index is 0.188. The summed E-state index contributed by atoms with van der Waals surface area (Å²) in [6.45, 7) is 6.70. The van der Waals surface area contributed by atoms with Gasteiger partial charge in [0.25, 0.3) is 0 Å². The van der Waals surface area contributed by atoms with E-state index in [1.165, 1.54) is 0 Å². The summed E-state index contributed by atoms with van der Waals surface area (Å²) < 4.78 is 5.97. The predicted octanol–water partition coefficient (Wildman–Crippen LogP) is 3.20. The number of benzene rings is 1. The van der Waals surface area contributed by atoms with E-state index in [9.17, 15) is 9.59 Å². The van der Waals surface area contributed by atoms with Crippen LogP contribution in [-0.2, 0) is 9.53 Å². The average Bonchev–Trinajstić information content (AvgIpc) is 2.94. The highest BCUT2D eigenvalue weighted by atomic mass is 79.9. The van der Waals surface area contributed by atoms with Gasteiger partial charge in [-0.05, 0) is 31.0 Å². The Morgan fingerprint density at radius 1 is 1.29 bits per heavy atom. The molecular weight excluding hydrogens is 334 g/mol. The number of ether oxygens (including phenoxy) is 1. The van der Waals surface area contributed by atoms with E-state index in [1.807, 2.05) is 13.8 Å². The molecule has 4 nitrogen and oxygen atoms in total. The molecule has 1 saturated heterocycles. The Hall–Kier alpha value is -1.20. The van der Waals surface area contributed by atoms with Crippen molar-refractivity contribution in [1.82, 2.24) is 5.32 Å². The van der Waals surface area contributed by atoms with Crippen molar-refractivity contribution >= 4 is 27.7 Å². The molecule has 5 heteroatoms. The lowest BCUT2D eigenvalue weighted by molar-refractivity contribution is -0.144. The highest BCUT2D eigenvalue weighted by Gasteiger charge is 2.28. The molecule has 0 amide bonds. The van der Waals surface area contributed by atoms with E-state index >= 15 is 0 Å². The van der Waals surface area contributed by atoms with E-state index in [-0.39, 0.29) is 24.4 Å². The molecule has 0 aliphatic carbocycles. The lowest BCUT2D eigenvalue weighted by atomic mass is 10.1. The van der Waals surface area contributed by atoms with Crippen molar-refractivity contribution in [3.05, 3.63) is 34.3 Å². The van der Waals surface area contributed by atoms with Crippen LogP contribution in [0.25, 0.3) is 0 Å².